The quantitative estimate of drug-likeness (QED) is 0.0261. The fourth-order valence-electron chi connectivity index (χ4n) is 10.3. The van der Waals surface area contributed by atoms with Crippen LogP contribution in [0.25, 0.3) is 0 Å². The van der Waals surface area contributed by atoms with Gasteiger partial charge in [0.2, 0.25) is 0 Å². The van der Waals surface area contributed by atoms with Crippen LogP contribution in [0.1, 0.15) is 361 Å². The van der Waals surface area contributed by atoms with Gasteiger partial charge in [-0.1, -0.05) is 311 Å². The number of carbonyl (C=O) groups is 3. The van der Waals surface area contributed by atoms with Gasteiger partial charge in [0.15, 0.2) is 6.10 Å². The van der Waals surface area contributed by atoms with E-state index in [1.165, 1.54) is 218 Å². The van der Waals surface area contributed by atoms with Crippen molar-refractivity contribution in [1.29, 1.82) is 0 Å². The van der Waals surface area contributed by atoms with Crippen molar-refractivity contribution in [3.05, 3.63) is 85.1 Å². The lowest BCUT2D eigenvalue weighted by Crippen LogP contribution is -2.30. The first-order valence-corrected chi connectivity index (χ1v) is 35.6. The molecule has 1 unspecified atom stereocenters. The zero-order chi connectivity index (χ0) is 59.2. The number of esters is 3. The van der Waals surface area contributed by atoms with Crippen LogP contribution in [0, 0.1) is 0 Å². The number of unbranched alkanes of at least 4 members (excludes halogenated alkanes) is 40. The van der Waals surface area contributed by atoms with E-state index in [9.17, 15) is 14.4 Å². The van der Waals surface area contributed by atoms with E-state index in [-0.39, 0.29) is 31.1 Å². The molecule has 82 heavy (non-hydrogen) atoms. The SMILES string of the molecule is CC/C=C\C/C=C\C/C=C\C/C=C\CCCCCCCCCCCCCCCCCCCCC(=O)OCC(COC(=O)CCCCCCC/C=C\CCCCCCCCC)OC(=O)CCCCCCCCC/C=C\C/C=C\CCCCC. The summed E-state index contributed by atoms with van der Waals surface area (Å²) >= 11 is 0. The second-order valence-corrected chi connectivity index (χ2v) is 23.8. The maximum atomic E-state index is 12.9. The highest BCUT2D eigenvalue weighted by Crippen LogP contribution is 2.17. The summed E-state index contributed by atoms with van der Waals surface area (Å²) in [6.07, 6.45) is 93.3. The summed E-state index contributed by atoms with van der Waals surface area (Å²) in [6.45, 7) is 6.53. The third kappa shape index (κ3) is 67.4. The number of ether oxygens (including phenoxy) is 3. The Morgan fingerprint density at radius 1 is 0.256 bits per heavy atom. The Bertz CT molecular complexity index is 1550. The molecule has 0 rings (SSSR count). The molecule has 0 amide bonds. The molecule has 0 aromatic carbocycles. The van der Waals surface area contributed by atoms with E-state index in [1.807, 2.05) is 0 Å². The van der Waals surface area contributed by atoms with Gasteiger partial charge in [-0.25, -0.2) is 0 Å². The Kier molecular flexibility index (Phi) is 67.2. The Labute approximate surface area is 509 Å². The zero-order valence-electron chi connectivity index (χ0n) is 54.5. The van der Waals surface area contributed by atoms with Crippen LogP contribution >= 0.6 is 0 Å². The van der Waals surface area contributed by atoms with Crippen molar-refractivity contribution in [3.8, 4) is 0 Å². The minimum atomic E-state index is -0.784. The molecule has 0 bridgehead atoms. The Morgan fingerprint density at radius 3 is 0.780 bits per heavy atom. The molecule has 0 aromatic heterocycles. The van der Waals surface area contributed by atoms with Crippen molar-refractivity contribution in [1.82, 2.24) is 0 Å². The highest BCUT2D eigenvalue weighted by Gasteiger charge is 2.19. The predicted octanol–water partition coefficient (Wildman–Crippen LogP) is 24.6. The number of carbonyl (C=O) groups excluding carboxylic acids is 3. The molecular weight excluding hydrogens is 1010 g/mol. The topological polar surface area (TPSA) is 78.9 Å². The summed E-state index contributed by atoms with van der Waals surface area (Å²) in [7, 11) is 0. The Hall–Kier alpha value is -3.41. The first kappa shape index (κ1) is 78.6. The number of hydrogen-bond acceptors (Lipinski definition) is 6. The lowest BCUT2D eigenvalue weighted by atomic mass is 10.0. The second kappa shape index (κ2) is 70.1. The van der Waals surface area contributed by atoms with Gasteiger partial charge in [0, 0.05) is 19.3 Å². The number of hydrogen-bond donors (Lipinski definition) is 0. The molecule has 6 heteroatoms. The lowest BCUT2D eigenvalue weighted by molar-refractivity contribution is -0.167. The first-order valence-electron chi connectivity index (χ1n) is 35.6. The van der Waals surface area contributed by atoms with E-state index in [4.69, 9.17) is 14.2 Å². The highest BCUT2D eigenvalue weighted by molar-refractivity contribution is 5.71. The van der Waals surface area contributed by atoms with Gasteiger partial charge in [0.05, 0.1) is 0 Å². The van der Waals surface area contributed by atoms with E-state index >= 15 is 0 Å². The summed E-state index contributed by atoms with van der Waals surface area (Å²) in [5.41, 5.74) is 0. The molecule has 0 aliphatic rings. The van der Waals surface area contributed by atoms with Crippen LogP contribution in [-0.2, 0) is 28.6 Å². The summed E-state index contributed by atoms with van der Waals surface area (Å²) in [6, 6.07) is 0. The van der Waals surface area contributed by atoms with Crippen LogP contribution in [-0.4, -0.2) is 37.2 Å². The van der Waals surface area contributed by atoms with Crippen LogP contribution < -0.4 is 0 Å². The minimum Gasteiger partial charge on any atom is -0.462 e. The summed E-state index contributed by atoms with van der Waals surface area (Å²) < 4.78 is 17.0. The van der Waals surface area contributed by atoms with Gasteiger partial charge in [-0.05, 0) is 116 Å². The van der Waals surface area contributed by atoms with Crippen molar-refractivity contribution >= 4 is 17.9 Å². The predicted molar refractivity (Wildman–Crippen MR) is 358 cm³/mol. The molecule has 0 fully saturated rings. The van der Waals surface area contributed by atoms with E-state index < -0.39 is 6.10 Å². The molecule has 1 atom stereocenters. The van der Waals surface area contributed by atoms with Crippen molar-refractivity contribution < 1.29 is 28.6 Å². The van der Waals surface area contributed by atoms with Gasteiger partial charge in [-0.2, -0.15) is 0 Å². The van der Waals surface area contributed by atoms with Gasteiger partial charge in [0.1, 0.15) is 13.2 Å². The molecule has 0 saturated heterocycles. The number of allylic oxidation sites excluding steroid dienone is 14. The third-order valence-corrected chi connectivity index (χ3v) is 15.6. The molecular formula is C76H134O6. The molecule has 0 spiro atoms. The standard InChI is InChI=1S/C76H134O6/c1-4-7-10-13-16-19-22-25-28-31-32-33-34-35-36-37-38-39-40-41-42-43-44-46-48-51-54-57-60-63-66-69-75(78)81-72-73(71-80-74(77)68-65-62-59-56-53-50-47-30-27-24-21-18-15-12-9-6-3)82-76(79)70-67-64-61-58-55-52-49-45-29-26-23-20-17-14-11-8-5-2/h7,10,16-17,19-20,25-26,28-30,32-33,47,73H,4-6,8-9,11-15,18,21-24,27,31,34-46,48-72H2,1-3H3/b10-7-,19-16-,20-17-,28-25-,29-26-,33-32-,47-30-. The Balaban J connectivity index is 4.23. The molecule has 0 aliphatic heterocycles. The Morgan fingerprint density at radius 2 is 0.476 bits per heavy atom. The van der Waals surface area contributed by atoms with E-state index in [0.717, 1.165) is 103 Å². The van der Waals surface area contributed by atoms with Gasteiger partial charge in [0.25, 0.3) is 0 Å². The molecule has 474 valence electrons. The fraction of sp³-hybridized carbons (Fsp3) is 0.776. The van der Waals surface area contributed by atoms with Gasteiger partial charge in [-0.15, -0.1) is 0 Å². The zero-order valence-corrected chi connectivity index (χ0v) is 54.5. The molecule has 0 N–H and O–H groups in total. The first-order chi connectivity index (χ1) is 40.5. The monoisotopic (exact) mass is 1140 g/mol. The largest absolute Gasteiger partial charge is 0.462 e. The van der Waals surface area contributed by atoms with Gasteiger partial charge in [-0.3, -0.25) is 14.4 Å². The van der Waals surface area contributed by atoms with E-state index in [2.05, 4.69) is 106 Å². The minimum absolute atomic E-state index is 0.0785. The molecule has 0 radical (unpaired) electrons. The van der Waals surface area contributed by atoms with Crippen molar-refractivity contribution in [2.24, 2.45) is 0 Å². The van der Waals surface area contributed by atoms with Crippen LogP contribution in [0.2, 0.25) is 0 Å². The normalized spacial score (nSPS) is 12.6. The van der Waals surface area contributed by atoms with E-state index in [0.29, 0.717) is 19.3 Å². The molecule has 6 nitrogen and oxygen atoms in total. The fourth-order valence-corrected chi connectivity index (χ4v) is 10.3. The van der Waals surface area contributed by atoms with Crippen molar-refractivity contribution in [3.63, 3.8) is 0 Å². The van der Waals surface area contributed by atoms with E-state index in [1.54, 1.807) is 0 Å². The second-order valence-electron chi connectivity index (χ2n) is 23.8. The average molecular weight is 1140 g/mol. The van der Waals surface area contributed by atoms with Gasteiger partial charge >= 0.3 is 17.9 Å². The summed E-state index contributed by atoms with van der Waals surface area (Å²) in [5, 5.41) is 0. The number of rotatable bonds is 65. The molecule has 0 heterocycles. The highest BCUT2D eigenvalue weighted by atomic mass is 16.6. The summed E-state index contributed by atoms with van der Waals surface area (Å²) in [4.78, 5) is 38.4. The molecule has 0 aromatic rings. The summed E-state index contributed by atoms with van der Waals surface area (Å²) in [5.74, 6) is -0.875. The van der Waals surface area contributed by atoms with Gasteiger partial charge < -0.3 is 14.2 Å². The molecule has 0 aliphatic carbocycles. The van der Waals surface area contributed by atoms with Crippen LogP contribution in [0.3, 0.4) is 0 Å². The maximum Gasteiger partial charge on any atom is 0.306 e. The molecule has 0 saturated carbocycles. The lowest BCUT2D eigenvalue weighted by Gasteiger charge is -2.18. The third-order valence-electron chi connectivity index (χ3n) is 15.6. The average Bonchev–Trinajstić information content (AvgIpc) is 3.48. The van der Waals surface area contributed by atoms with Crippen LogP contribution in [0.4, 0.5) is 0 Å². The van der Waals surface area contributed by atoms with Crippen LogP contribution in [0.15, 0.2) is 85.1 Å². The maximum absolute atomic E-state index is 12.9. The van der Waals surface area contributed by atoms with Crippen molar-refractivity contribution in [2.75, 3.05) is 13.2 Å². The van der Waals surface area contributed by atoms with Crippen LogP contribution in [0.5, 0.6) is 0 Å². The smallest absolute Gasteiger partial charge is 0.306 e. The van der Waals surface area contributed by atoms with Crippen molar-refractivity contribution in [2.45, 2.75) is 367 Å².